The minimum Gasteiger partial charge on any atom is -0.391 e. The lowest BCUT2D eigenvalue weighted by Gasteiger charge is -2.24. The predicted octanol–water partition coefficient (Wildman–Crippen LogP) is 2.73. The highest BCUT2D eigenvalue weighted by Crippen LogP contribution is 2.33. The number of pyridine rings is 1. The van der Waals surface area contributed by atoms with Crippen LogP contribution < -0.4 is 0 Å². The molecule has 3 aromatic rings. The van der Waals surface area contributed by atoms with Gasteiger partial charge in [-0.3, -0.25) is 4.79 Å². The number of aliphatic hydroxyl groups excluding tert-OH is 1. The Morgan fingerprint density at radius 3 is 2.80 bits per heavy atom. The number of hydrogen-bond acceptors (Lipinski definition) is 3. The Kier molecular flexibility index (Phi) is 3.77. The third kappa shape index (κ3) is 2.89. The molecule has 1 amide bonds. The zero-order chi connectivity index (χ0) is 17.6. The number of β-amino-alcohol motifs (C(OH)–C–C–N with tert-alkyl or cyclic N) is 1. The molecule has 1 N–H and O–H groups in total. The fourth-order valence-electron chi connectivity index (χ4n) is 3.37. The van der Waals surface area contributed by atoms with Crippen LogP contribution in [-0.2, 0) is 0 Å². The van der Waals surface area contributed by atoms with Crippen molar-refractivity contribution >= 4 is 11.6 Å². The molecule has 6 heteroatoms. The average molecular weight is 339 g/mol. The second-order valence-electron chi connectivity index (χ2n) is 6.51. The molecule has 1 aliphatic rings. The lowest BCUT2D eigenvalue weighted by atomic mass is 10.0. The Labute approximate surface area is 144 Å². The maximum absolute atomic E-state index is 13.2. The number of benzene rings is 1. The molecule has 1 aliphatic heterocycles. The summed E-state index contributed by atoms with van der Waals surface area (Å²) in [6.07, 6.45) is 3.40. The van der Waals surface area contributed by atoms with Gasteiger partial charge in [0.2, 0.25) is 0 Å². The van der Waals surface area contributed by atoms with Gasteiger partial charge in [0, 0.05) is 18.9 Å². The summed E-state index contributed by atoms with van der Waals surface area (Å²) in [5, 5.41) is 10.1. The van der Waals surface area contributed by atoms with Crippen LogP contribution in [0.2, 0.25) is 0 Å². The standard InChI is InChI=1S/C19H18FN3O2/c1-12-6-7-22-11-16(21-18(22)8-12)19(25)23-10-15(24)9-17(23)13-2-4-14(20)5-3-13/h2-8,11,15,17,24H,9-10H2,1H3/t15-,17-/m0/s1. The summed E-state index contributed by atoms with van der Waals surface area (Å²) in [4.78, 5) is 19.0. The van der Waals surface area contributed by atoms with Crippen LogP contribution in [-0.4, -0.2) is 37.9 Å². The molecular formula is C19H18FN3O2. The van der Waals surface area contributed by atoms with Crippen molar-refractivity contribution in [1.82, 2.24) is 14.3 Å². The number of hydrogen-bond donors (Lipinski definition) is 1. The van der Waals surface area contributed by atoms with Crippen molar-refractivity contribution in [1.29, 1.82) is 0 Å². The van der Waals surface area contributed by atoms with Crippen LogP contribution >= 0.6 is 0 Å². The van der Waals surface area contributed by atoms with E-state index in [1.165, 1.54) is 12.1 Å². The molecule has 0 aliphatic carbocycles. The van der Waals surface area contributed by atoms with Crippen molar-refractivity contribution in [3.05, 3.63) is 71.4 Å². The molecule has 2 atom stereocenters. The summed E-state index contributed by atoms with van der Waals surface area (Å²) in [7, 11) is 0. The van der Waals surface area contributed by atoms with E-state index in [9.17, 15) is 14.3 Å². The number of aromatic nitrogens is 2. The van der Waals surface area contributed by atoms with Crippen LogP contribution in [0.25, 0.3) is 5.65 Å². The van der Waals surface area contributed by atoms with E-state index in [4.69, 9.17) is 0 Å². The zero-order valence-corrected chi connectivity index (χ0v) is 13.8. The SMILES string of the molecule is Cc1ccn2cc(C(=O)N3C[C@@H](O)C[C@H]3c3ccc(F)cc3)nc2c1. The van der Waals surface area contributed by atoms with Gasteiger partial charge in [-0.05, 0) is 48.7 Å². The highest BCUT2D eigenvalue weighted by Gasteiger charge is 2.36. The number of carbonyl (C=O) groups is 1. The summed E-state index contributed by atoms with van der Waals surface area (Å²) in [6, 6.07) is 9.63. The third-order valence-corrected chi connectivity index (χ3v) is 4.63. The number of amides is 1. The van der Waals surface area contributed by atoms with E-state index in [-0.39, 0.29) is 24.3 Å². The van der Waals surface area contributed by atoms with Crippen LogP contribution in [0, 0.1) is 12.7 Å². The molecule has 1 aromatic carbocycles. The molecule has 128 valence electrons. The van der Waals surface area contributed by atoms with Crippen molar-refractivity contribution in [2.24, 2.45) is 0 Å². The second-order valence-corrected chi connectivity index (χ2v) is 6.51. The normalized spacial score (nSPS) is 20.4. The van der Waals surface area contributed by atoms with Crippen molar-refractivity contribution in [3.8, 4) is 0 Å². The highest BCUT2D eigenvalue weighted by atomic mass is 19.1. The molecule has 0 unspecified atom stereocenters. The van der Waals surface area contributed by atoms with E-state index < -0.39 is 6.10 Å². The molecule has 1 fully saturated rings. The fourth-order valence-corrected chi connectivity index (χ4v) is 3.37. The van der Waals surface area contributed by atoms with Crippen LogP contribution in [0.1, 0.15) is 34.1 Å². The minimum atomic E-state index is -0.599. The van der Waals surface area contributed by atoms with Crippen molar-refractivity contribution < 1.29 is 14.3 Å². The Morgan fingerprint density at radius 1 is 1.28 bits per heavy atom. The molecule has 0 radical (unpaired) electrons. The van der Waals surface area contributed by atoms with Gasteiger partial charge in [0.1, 0.15) is 17.2 Å². The second kappa shape index (κ2) is 5.97. The molecule has 1 saturated heterocycles. The monoisotopic (exact) mass is 339 g/mol. The Balaban J connectivity index is 1.67. The van der Waals surface area contributed by atoms with Crippen LogP contribution in [0.4, 0.5) is 4.39 Å². The highest BCUT2D eigenvalue weighted by molar-refractivity contribution is 5.93. The van der Waals surface area contributed by atoms with E-state index >= 15 is 0 Å². The number of fused-ring (bicyclic) bond motifs is 1. The first-order valence-corrected chi connectivity index (χ1v) is 8.21. The Hall–Kier alpha value is -2.73. The first-order chi connectivity index (χ1) is 12.0. The summed E-state index contributed by atoms with van der Waals surface area (Å²) in [6.45, 7) is 2.21. The van der Waals surface area contributed by atoms with Crippen LogP contribution in [0.15, 0.2) is 48.8 Å². The number of carbonyl (C=O) groups excluding carboxylic acids is 1. The van der Waals surface area contributed by atoms with Crippen LogP contribution in [0.3, 0.4) is 0 Å². The van der Waals surface area contributed by atoms with E-state index in [1.807, 2.05) is 25.3 Å². The fraction of sp³-hybridized carbons (Fsp3) is 0.263. The number of aryl methyl sites for hydroxylation is 1. The van der Waals surface area contributed by atoms with Gasteiger partial charge in [0.05, 0.1) is 12.1 Å². The Bertz CT molecular complexity index is 935. The minimum absolute atomic E-state index is 0.229. The number of likely N-dealkylation sites (tertiary alicyclic amines) is 1. The van der Waals surface area contributed by atoms with Gasteiger partial charge < -0.3 is 14.4 Å². The molecular weight excluding hydrogens is 321 g/mol. The third-order valence-electron chi connectivity index (χ3n) is 4.63. The molecule has 25 heavy (non-hydrogen) atoms. The predicted molar refractivity (Wildman–Crippen MR) is 90.7 cm³/mol. The summed E-state index contributed by atoms with van der Waals surface area (Å²) in [5.41, 5.74) is 2.93. The number of nitrogens with zero attached hydrogens (tertiary/aromatic N) is 3. The Morgan fingerprint density at radius 2 is 2.04 bits per heavy atom. The van der Waals surface area contributed by atoms with Crippen molar-refractivity contribution in [2.75, 3.05) is 6.54 Å². The number of rotatable bonds is 2. The maximum atomic E-state index is 13.2. The lowest BCUT2D eigenvalue weighted by molar-refractivity contribution is 0.0710. The van der Waals surface area contributed by atoms with E-state index in [0.717, 1.165) is 11.1 Å². The summed E-state index contributed by atoms with van der Waals surface area (Å²) < 4.78 is 15.0. The molecule has 0 bridgehead atoms. The van der Waals surface area contributed by atoms with Crippen LogP contribution in [0.5, 0.6) is 0 Å². The van der Waals surface area contributed by atoms with Gasteiger partial charge in [-0.25, -0.2) is 9.37 Å². The van der Waals surface area contributed by atoms with Gasteiger partial charge in [-0.1, -0.05) is 12.1 Å². The van der Waals surface area contributed by atoms with E-state index in [0.29, 0.717) is 17.8 Å². The van der Waals surface area contributed by atoms with Gasteiger partial charge in [0.15, 0.2) is 0 Å². The van der Waals surface area contributed by atoms with E-state index in [2.05, 4.69) is 4.98 Å². The molecule has 0 spiro atoms. The largest absolute Gasteiger partial charge is 0.391 e. The molecule has 4 rings (SSSR count). The first-order valence-electron chi connectivity index (χ1n) is 8.21. The van der Waals surface area contributed by atoms with Gasteiger partial charge in [-0.15, -0.1) is 0 Å². The lowest BCUT2D eigenvalue weighted by Crippen LogP contribution is -2.32. The summed E-state index contributed by atoms with van der Waals surface area (Å²) in [5.74, 6) is -0.553. The number of halogens is 1. The molecule has 0 saturated carbocycles. The molecule has 5 nitrogen and oxygen atoms in total. The quantitative estimate of drug-likeness (QED) is 0.781. The zero-order valence-electron chi connectivity index (χ0n) is 13.8. The maximum Gasteiger partial charge on any atom is 0.274 e. The first kappa shape index (κ1) is 15.8. The van der Waals surface area contributed by atoms with Crippen molar-refractivity contribution in [2.45, 2.75) is 25.5 Å². The number of imidazole rings is 1. The van der Waals surface area contributed by atoms with E-state index in [1.54, 1.807) is 27.6 Å². The topological polar surface area (TPSA) is 57.8 Å². The summed E-state index contributed by atoms with van der Waals surface area (Å²) >= 11 is 0. The van der Waals surface area contributed by atoms with Gasteiger partial charge in [-0.2, -0.15) is 0 Å². The number of aliphatic hydroxyl groups is 1. The molecule has 2 aromatic heterocycles. The van der Waals surface area contributed by atoms with Gasteiger partial charge in [0.25, 0.3) is 5.91 Å². The smallest absolute Gasteiger partial charge is 0.274 e. The molecule has 3 heterocycles. The van der Waals surface area contributed by atoms with Crippen molar-refractivity contribution in [3.63, 3.8) is 0 Å². The van der Waals surface area contributed by atoms with Gasteiger partial charge >= 0.3 is 0 Å². The average Bonchev–Trinajstić information content (AvgIpc) is 3.18.